The van der Waals surface area contributed by atoms with Gasteiger partial charge in [0.05, 0.1) is 25.0 Å². The molecule has 0 saturated carbocycles. The molecule has 0 fully saturated rings. The van der Waals surface area contributed by atoms with E-state index in [0.717, 1.165) is 5.56 Å². The van der Waals surface area contributed by atoms with Crippen LogP contribution in [0.25, 0.3) is 0 Å². The van der Waals surface area contributed by atoms with E-state index >= 15 is 0 Å². The molecule has 9 nitrogen and oxygen atoms in total. The third kappa shape index (κ3) is 6.27. The van der Waals surface area contributed by atoms with Crippen molar-refractivity contribution in [3.8, 4) is 5.75 Å². The largest absolute Gasteiger partial charge is 0.440 e. The lowest BCUT2D eigenvalue weighted by Gasteiger charge is -2.18. The predicted molar refractivity (Wildman–Crippen MR) is 137 cm³/mol. The van der Waals surface area contributed by atoms with Crippen molar-refractivity contribution in [1.82, 2.24) is 14.9 Å². The Bertz CT molecular complexity index is 1320. The minimum atomic E-state index is -0.371. The van der Waals surface area contributed by atoms with E-state index in [4.69, 9.17) is 16.3 Å². The lowest BCUT2D eigenvalue weighted by molar-refractivity contribution is -0.115. The Morgan fingerprint density at radius 3 is 2.60 bits per heavy atom. The summed E-state index contributed by atoms with van der Waals surface area (Å²) in [6.45, 7) is 3.93. The fourth-order valence-corrected chi connectivity index (χ4v) is 3.42. The van der Waals surface area contributed by atoms with Gasteiger partial charge in [0, 0.05) is 23.3 Å². The molecule has 10 heteroatoms. The molecule has 1 amide bonds. The number of aliphatic imine (C=N–C) groups is 1. The van der Waals surface area contributed by atoms with Crippen molar-refractivity contribution in [3.05, 3.63) is 87.8 Å². The number of benzene rings is 2. The maximum atomic E-state index is 13.2. The number of rotatable bonds is 8. The first-order valence-corrected chi connectivity index (χ1v) is 11.5. The third-order valence-corrected chi connectivity index (χ3v) is 5.36. The van der Waals surface area contributed by atoms with Gasteiger partial charge in [-0.15, -0.1) is 0 Å². The number of ether oxygens (including phenoxy) is 1. The summed E-state index contributed by atoms with van der Waals surface area (Å²) in [7, 11) is 0. The molecule has 0 bridgehead atoms. The maximum absolute atomic E-state index is 13.2. The van der Waals surface area contributed by atoms with Gasteiger partial charge < -0.3 is 20.7 Å². The lowest BCUT2D eigenvalue weighted by Crippen LogP contribution is -2.31. The van der Waals surface area contributed by atoms with E-state index in [1.807, 2.05) is 31.2 Å². The summed E-state index contributed by atoms with van der Waals surface area (Å²) in [4.78, 5) is 33.6. The highest BCUT2D eigenvalue weighted by Gasteiger charge is 2.14. The van der Waals surface area contributed by atoms with Gasteiger partial charge in [0.25, 0.3) is 5.56 Å². The van der Waals surface area contributed by atoms with E-state index in [0.29, 0.717) is 28.3 Å². The molecule has 35 heavy (non-hydrogen) atoms. The first-order valence-electron chi connectivity index (χ1n) is 11.1. The fourth-order valence-electron chi connectivity index (χ4n) is 3.29. The van der Waals surface area contributed by atoms with Crippen molar-refractivity contribution in [3.63, 3.8) is 0 Å². The monoisotopic (exact) mass is 492 g/mol. The van der Waals surface area contributed by atoms with Gasteiger partial charge in [0.15, 0.2) is 0 Å². The highest BCUT2D eigenvalue weighted by Crippen LogP contribution is 2.21. The smallest absolute Gasteiger partial charge is 0.279 e. The van der Waals surface area contributed by atoms with Gasteiger partial charge in [-0.05, 0) is 48.9 Å². The molecule has 0 saturated heterocycles. The molecule has 2 aromatic carbocycles. The highest BCUT2D eigenvalue weighted by atomic mass is 35.5. The standard InChI is InChI=1S/C25H25ClN6O3/c1-3-22(33)31-21-13-28-25(32(24(21)34)15-17-4-6-18(26)7-5-17)30-19-8-10-20(11-9-19)35-23-14-27-12-16(2)29-23/h4-14,16,29H,3,15H2,1-2H3,(H,28,30)(H,31,33). The van der Waals surface area contributed by atoms with Crippen LogP contribution in [0.15, 0.2) is 76.6 Å². The van der Waals surface area contributed by atoms with Crippen LogP contribution < -0.4 is 26.2 Å². The summed E-state index contributed by atoms with van der Waals surface area (Å²) < 4.78 is 7.28. The number of aromatic nitrogens is 2. The Hall–Kier alpha value is -4.11. The van der Waals surface area contributed by atoms with Gasteiger partial charge in [0.1, 0.15) is 11.4 Å². The van der Waals surface area contributed by atoms with Crippen molar-refractivity contribution in [1.29, 1.82) is 0 Å². The number of nitrogens with one attached hydrogen (secondary N) is 3. The average molecular weight is 493 g/mol. The second kappa shape index (κ2) is 10.9. The normalized spacial score (nSPS) is 14.6. The number of halogens is 1. The van der Waals surface area contributed by atoms with E-state index in [1.54, 1.807) is 43.6 Å². The number of hydrogen-bond acceptors (Lipinski definition) is 7. The third-order valence-electron chi connectivity index (χ3n) is 5.11. The zero-order valence-electron chi connectivity index (χ0n) is 19.3. The van der Waals surface area contributed by atoms with Crippen molar-refractivity contribution >= 4 is 41.0 Å². The molecular formula is C25H25ClN6O3. The summed E-state index contributed by atoms with van der Waals surface area (Å²) >= 11 is 6.00. The molecule has 1 unspecified atom stereocenters. The van der Waals surface area contributed by atoms with Gasteiger partial charge in [-0.1, -0.05) is 30.7 Å². The van der Waals surface area contributed by atoms with Crippen LogP contribution >= 0.6 is 11.6 Å². The predicted octanol–water partition coefficient (Wildman–Crippen LogP) is 4.28. The number of carbonyl (C=O) groups is 1. The first kappa shape index (κ1) is 24.0. The number of hydrogen-bond donors (Lipinski definition) is 3. The van der Waals surface area contributed by atoms with E-state index in [1.165, 1.54) is 10.8 Å². The Labute approximate surface area is 207 Å². The van der Waals surface area contributed by atoms with E-state index in [9.17, 15) is 9.59 Å². The Balaban J connectivity index is 1.58. The summed E-state index contributed by atoms with van der Waals surface area (Å²) in [5.74, 6) is 1.25. The Morgan fingerprint density at radius 2 is 1.91 bits per heavy atom. The number of nitrogens with zero attached hydrogens (tertiary/aromatic N) is 3. The van der Waals surface area contributed by atoms with Crippen molar-refractivity contribution in [2.24, 2.45) is 4.99 Å². The average Bonchev–Trinajstić information content (AvgIpc) is 2.85. The summed E-state index contributed by atoms with van der Waals surface area (Å²) in [5, 5.41) is 9.57. The number of amides is 1. The zero-order valence-corrected chi connectivity index (χ0v) is 20.0. The first-order chi connectivity index (χ1) is 16.9. The van der Waals surface area contributed by atoms with Gasteiger partial charge in [0.2, 0.25) is 17.7 Å². The second-order valence-electron chi connectivity index (χ2n) is 7.89. The molecule has 180 valence electrons. The van der Waals surface area contributed by atoms with Crippen LogP contribution in [0, 0.1) is 0 Å². The van der Waals surface area contributed by atoms with E-state index in [-0.39, 0.29) is 36.2 Å². The number of anilines is 3. The Morgan fingerprint density at radius 1 is 1.17 bits per heavy atom. The molecule has 1 atom stereocenters. The van der Waals surface area contributed by atoms with Gasteiger partial charge in [-0.25, -0.2) is 4.98 Å². The van der Waals surface area contributed by atoms with Crippen LogP contribution in [0.1, 0.15) is 25.8 Å². The molecule has 0 radical (unpaired) electrons. The summed E-state index contributed by atoms with van der Waals surface area (Å²) in [5.41, 5.74) is 1.31. The van der Waals surface area contributed by atoms with Crippen molar-refractivity contribution in [2.75, 3.05) is 10.6 Å². The van der Waals surface area contributed by atoms with Crippen LogP contribution in [0.3, 0.4) is 0 Å². The molecule has 4 rings (SSSR count). The molecule has 3 aromatic rings. The fraction of sp³-hybridized carbons (Fsp3) is 0.200. The zero-order chi connectivity index (χ0) is 24.8. The Kier molecular flexibility index (Phi) is 7.47. The molecule has 3 N–H and O–H groups in total. The van der Waals surface area contributed by atoms with Gasteiger partial charge in [-0.3, -0.25) is 19.1 Å². The van der Waals surface area contributed by atoms with Crippen LogP contribution in [0.4, 0.5) is 17.3 Å². The second-order valence-corrected chi connectivity index (χ2v) is 8.33. The molecule has 0 spiro atoms. The minimum Gasteiger partial charge on any atom is -0.440 e. The molecular weight excluding hydrogens is 468 g/mol. The molecule has 1 aliphatic heterocycles. The highest BCUT2D eigenvalue weighted by molar-refractivity contribution is 6.30. The number of carbonyl (C=O) groups excluding carboxylic acids is 1. The van der Waals surface area contributed by atoms with Crippen LogP contribution in [0.2, 0.25) is 5.02 Å². The topological polar surface area (TPSA) is 110 Å². The lowest BCUT2D eigenvalue weighted by atomic mass is 10.2. The molecule has 1 aromatic heterocycles. The minimum absolute atomic E-state index is 0.0875. The van der Waals surface area contributed by atoms with Gasteiger partial charge in [-0.2, -0.15) is 0 Å². The van der Waals surface area contributed by atoms with Crippen LogP contribution in [0.5, 0.6) is 5.75 Å². The molecule has 0 aliphatic carbocycles. The summed E-state index contributed by atoms with van der Waals surface area (Å²) in [6.07, 6.45) is 5.01. The maximum Gasteiger partial charge on any atom is 0.279 e. The van der Waals surface area contributed by atoms with E-state index < -0.39 is 0 Å². The quantitative estimate of drug-likeness (QED) is 0.433. The molecule has 2 heterocycles. The van der Waals surface area contributed by atoms with Crippen LogP contribution in [-0.2, 0) is 11.3 Å². The van der Waals surface area contributed by atoms with Crippen LogP contribution in [-0.4, -0.2) is 27.7 Å². The summed E-state index contributed by atoms with van der Waals surface area (Å²) in [6, 6.07) is 14.5. The van der Waals surface area contributed by atoms with E-state index in [2.05, 4.69) is 25.9 Å². The SMILES string of the molecule is CCC(=O)Nc1cnc(Nc2ccc(OC3=CN=CC(C)N3)cc2)n(Cc2ccc(Cl)cc2)c1=O. The molecule has 1 aliphatic rings. The van der Waals surface area contributed by atoms with Gasteiger partial charge >= 0.3 is 0 Å². The van der Waals surface area contributed by atoms with Crippen molar-refractivity contribution < 1.29 is 9.53 Å². The van der Waals surface area contributed by atoms with Crippen molar-refractivity contribution in [2.45, 2.75) is 32.9 Å².